The third-order valence-electron chi connectivity index (χ3n) is 5.18. The van der Waals surface area contributed by atoms with Crippen LogP contribution >= 0.6 is 11.6 Å². The molecule has 8 nitrogen and oxygen atoms in total. The average molecular weight is 457 g/mol. The number of hydrogen-bond acceptors (Lipinski definition) is 5. The molecule has 0 unspecified atom stereocenters. The number of benzene rings is 2. The minimum absolute atomic E-state index is 0.0259. The molecule has 3 rings (SSSR count). The maximum Gasteiger partial charge on any atom is 0.288 e. The average Bonchev–Trinajstić information content (AvgIpc) is 2.78. The second-order valence-electron chi connectivity index (χ2n) is 7.77. The van der Waals surface area contributed by atoms with Crippen molar-refractivity contribution >= 4 is 46.6 Å². The first-order valence-electron chi connectivity index (χ1n) is 10.3. The van der Waals surface area contributed by atoms with Crippen molar-refractivity contribution in [1.29, 1.82) is 0 Å². The number of nitrogens with one attached hydrogen (secondary N) is 1. The third kappa shape index (κ3) is 5.64. The fourth-order valence-corrected chi connectivity index (χ4v) is 3.69. The molecule has 9 heteroatoms. The molecule has 1 saturated heterocycles. The lowest BCUT2D eigenvalue weighted by atomic mass is 10.1. The monoisotopic (exact) mass is 456 g/mol. The summed E-state index contributed by atoms with van der Waals surface area (Å²) in [4.78, 5) is 39.2. The molecule has 0 spiro atoms. The molecule has 0 bridgehead atoms. The predicted molar refractivity (Wildman–Crippen MR) is 126 cm³/mol. The Balaban J connectivity index is 1.67. The van der Waals surface area contributed by atoms with E-state index in [4.69, 9.17) is 11.6 Å². The molecule has 1 fully saturated rings. The number of para-hydroxylation sites is 2. The van der Waals surface area contributed by atoms with Gasteiger partial charge in [-0.15, -0.1) is 0 Å². The van der Waals surface area contributed by atoms with E-state index in [-0.39, 0.29) is 28.4 Å². The number of rotatable bonds is 6. The van der Waals surface area contributed by atoms with Crippen LogP contribution in [-0.4, -0.2) is 47.8 Å². The summed E-state index contributed by atoms with van der Waals surface area (Å²) >= 11 is 5.82. The zero-order chi connectivity index (χ0) is 23.3. The molecule has 2 aromatic carbocycles. The first-order chi connectivity index (χ1) is 15.3. The molecule has 0 aromatic heterocycles. The van der Waals surface area contributed by atoms with Crippen LogP contribution in [-0.2, 0) is 9.59 Å². The highest BCUT2D eigenvalue weighted by Crippen LogP contribution is 2.28. The van der Waals surface area contributed by atoms with E-state index in [1.54, 1.807) is 6.07 Å². The van der Waals surface area contributed by atoms with E-state index < -0.39 is 4.92 Å². The zero-order valence-corrected chi connectivity index (χ0v) is 18.7. The number of halogens is 1. The Morgan fingerprint density at radius 3 is 2.47 bits per heavy atom. The van der Waals surface area contributed by atoms with Gasteiger partial charge in [-0.25, -0.2) is 0 Å². The van der Waals surface area contributed by atoms with Gasteiger partial charge in [0.25, 0.3) is 5.69 Å². The largest absolute Gasteiger partial charge is 0.366 e. The lowest BCUT2D eigenvalue weighted by Gasteiger charge is -2.37. The van der Waals surface area contributed by atoms with Gasteiger partial charge in [-0.05, 0) is 29.8 Å². The van der Waals surface area contributed by atoms with E-state index in [9.17, 15) is 19.7 Å². The summed E-state index contributed by atoms with van der Waals surface area (Å²) in [5.74, 6) is -0.232. The van der Waals surface area contributed by atoms with E-state index >= 15 is 0 Å². The molecular formula is C23H25ClN4O4. The molecular weight excluding hydrogens is 432 g/mol. The molecule has 0 aliphatic carbocycles. The molecule has 2 aromatic rings. The van der Waals surface area contributed by atoms with Gasteiger partial charge >= 0.3 is 0 Å². The summed E-state index contributed by atoms with van der Waals surface area (Å²) in [5.41, 5.74) is 1.83. The van der Waals surface area contributed by atoms with Gasteiger partial charge in [-0.3, -0.25) is 19.7 Å². The normalized spacial score (nSPS) is 14.1. The first-order valence-corrected chi connectivity index (χ1v) is 10.7. The van der Waals surface area contributed by atoms with Crippen LogP contribution in [0.5, 0.6) is 0 Å². The van der Waals surface area contributed by atoms with Crippen molar-refractivity contribution in [2.24, 2.45) is 5.92 Å². The molecule has 32 heavy (non-hydrogen) atoms. The van der Waals surface area contributed by atoms with Gasteiger partial charge < -0.3 is 15.1 Å². The topological polar surface area (TPSA) is 95.8 Å². The standard InChI is InChI=1S/C23H25ClN4O4/c1-16(2)23(30)27-13-11-26(12-14-27)20-6-4-3-5-19(20)25-22(29)10-8-17-7-9-18(24)21(15-17)28(31)32/h3-10,15-16H,11-14H2,1-2H3,(H,25,29)/b10-8+. The highest BCUT2D eigenvalue weighted by molar-refractivity contribution is 6.32. The van der Waals surface area contributed by atoms with Gasteiger partial charge in [0.1, 0.15) is 5.02 Å². The number of anilines is 2. The molecule has 1 N–H and O–H groups in total. The molecule has 2 amide bonds. The van der Waals surface area contributed by atoms with Crippen molar-refractivity contribution in [2.75, 3.05) is 36.4 Å². The second-order valence-corrected chi connectivity index (χ2v) is 8.18. The summed E-state index contributed by atoms with van der Waals surface area (Å²) in [7, 11) is 0. The van der Waals surface area contributed by atoms with E-state index in [1.807, 2.05) is 43.0 Å². The maximum absolute atomic E-state index is 12.5. The highest BCUT2D eigenvalue weighted by atomic mass is 35.5. The number of hydrogen-bond donors (Lipinski definition) is 1. The Morgan fingerprint density at radius 2 is 1.81 bits per heavy atom. The Morgan fingerprint density at radius 1 is 1.12 bits per heavy atom. The molecule has 0 saturated carbocycles. The number of amides is 2. The molecule has 1 aliphatic heterocycles. The van der Waals surface area contributed by atoms with Crippen molar-refractivity contribution in [1.82, 2.24) is 4.90 Å². The number of carbonyl (C=O) groups excluding carboxylic acids is 2. The highest BCUT2D eigenvalue weighted by Gasteiger charge is 2.24. The van der Waals surface area contributed by atoms with E-state index in [1.165, 1.54) is 24.3 Å². The maximum atomic E-state index is 12.5. The number of piperazine rings is 1. The minimum Gasteiger partial charge on any atom is -0.366 e. The lowest BCUT2D eigenvalue weighted by Crippen LogP contribution is -2.50. The van der Waals surface area contributed by atoms with Crippen molar-refractivity contribution in [2.45, 2.75) is 13.8 Å². The van der Waals surface area contributed by atoms with Crippen LogP contribution in [0.1, 0.15) is 19.4 Å². The van der Waals surface area contributed by atoms with Crippen LogP contribution in [0, 0.1) is 16.0 Å². The second kappa shape index (κ2) is 10.3. The van der Waals surface area contributed by atoms with Crippen LogP contribution in [0.25, 0.3) is 6.08 Å². The quantitative estimate of drug-likeness (QED) is 0.399. The summed E-state index contributed by atoms with van der Waals surface area (Å²) in [6, 6.07) is 11.8. The molecule has 168 valence electrons. The molecule has 1 aliphatic rings. The van der Waals surface area contributed by atoms with Gasteiger partial charge in [0.05, 0.1) is 16.3 Å². The van der Waals surface area contributed by atoms with Crippen molar-refractivity contribution in [3.05, 3.63) is 69.2 Å². The lowest BCUT2D eigenvalue weighted by molar-refractivity contribution is -0.384. The van der Waals surface area contributed by atoms with Gasteiger partial charge in [0, 0.05) is 44.2 Å². The van der Waals surface area contributed by atoms with Gasteiger partial charge in [-0.2, -0.15) is 0 Å². The van der Waals surface area contributed by atoms with Crippen molar-refractivity contribution in [3.8, 4) is 0 Å². The van der Waals surface area contributed by atoms with E-state index in [0.29, 0.717) is 37.4 Å². The van der Waals surface area contributed by atoms with Crippen LogP contribution in [0.3, 0.4) is 0 Å². The minimum atomic E-state index is -0.565. The Kier molecular flexibility index (Phi) is 7.48. The third-order valence-corrected chi connectivity index (χ3v) is 5.50. The molecule has 1 heterocycles. The van der Waals surface area contributed by atoms with Crippen LogP contribution in [0.15, 0.2) is 48.5 Å². The molecule has 0 atom stereocenters. The Bertz CT molecular complexity index is 1050. The SMILES string of the molecule is CC(C)C(=O)N1CCN(c2ccccc2NC(=O)/C=C/c2ccc(Cl)c([N+](=O)[O-])c2)CC1. The zero-order valence-electron chi connectivity index (χ0n) is 18.0. The number of nitro groups is 1. The smallest absolute Gasteiger partial charge is 0.288 e. The van der Waals surface area contributed by atoms with E-state index in [2.05, 4.69) is 10.2 Å². The summed E-state index contributed by atoms with van der Waals surface area (Å²) in [5, 5.41) is 13.9. The van der Waals surface area contributed by atoms with Crippen molar-refractivity contribution in [3.63, 3.8) is 0 Å². The van der Waals surface area contributed by atoms with Gasteiger partial charge in [0.15, 0.2) is 0 Å². The van der Waals surface area contributed by atoms with Crippen LogP contribution in [0.2, 0.25) is 5.02 Å². The van der Waals surface area contributed by atoms with Gasteiger partial charge in [-0.1, -0.05) is 43.6 Å². The van der Waals surface area contributed by atoms with Crippen LogP contribution in [0.4, 0.5) is 17.1 Å². The fourth-order valence-electron chi connectivity index (χ4n) is 3.51. The molecule has 0 radical (unpaired) electrons. The number of nitrogens with zero attached hydrogens (tertiary/aromatic N) is 3. The van der Waals surface area contributed by atoms with Gasteiger partial charge in [0.2, 0.25) is 11.8 Å². The first kappa shape index (κ1) is 23.3. The summed E-state index contributed by atoms with van der Waals surface area (Å²) < 4.78 is 0. The predicted octanol–water partition coefficient (Wildman–Crippen LogP) is 4.20. The number of carbonyl (C=O) groups is 2. The summed E-state index contributed by atoms with van der Waals surface area (Å²) in [6.07, 6.45) is 2.82. The Hall–Kier alpha value is -3.39. The van der Waals surface area contributed by atoms with E-state index in [0.717, 1.165) is 5.69 Å². The van der Waals surface area contributed by atoms with Crippen LogP contribution < -0.4 is 10.2 Å². The van der Waals surface area contributed by atoms with Crippen molar-refractivity contribution < 1.29 is 14.5 Å². The number of nitro benzene ring substituents is 1. The Labute approximate surface area is 191 Å². The fraction of sp³-hybridized carbons (Fsp3) is 0.304. The summed E-state index contributed by atoms with van der Waals surface area (Å²) in [6.45, 7) is 6.42.